The lowest BCUT2D eigenvalue weighted by atomic mass is 9.95. The first kappa shape index (κ1) is 14.2. The lowest BCUT2D eigenvalue weighted by molar-refractivity contribution is -0.200. The molecule has 1 rings (SSSR count). The first-order valence-electron chi connectivity index (χ1n) is 6.20. The van der Waals surface area contributed by atoms with E-state index in [9.17, 15) is 5.11 Å². The summed E-state index contributed by atoms with van der Waals surface area (Å²) in [5.74, 6) is 2.52. The number of aliphatic hydroxyl groups excluding tert-OH is 1. The molecule has 0 radical (unpaired) electrons. The van der Waals surface area contributed by atoms with Gasteiger partial charge in [-0.25, -0.2) is 0 Å². The Hall–Kier alpha value is -0.820. The third-order valence-corrected chi connectivity index (χ3v) is 3.15. The van der Waals surface area contributed by atoms with E-state index in [-0.39, 0.29) is 18.3 Å². The van der Waals surface area contributed by atoms with Crippen molar-refractivity contribution in [1.29, 1.82) is 0 Å². The van der Waals surface area contributed by atoms with E-state index < -0.39 is 6.10 Å². The minimum absolute atomic E-state index is 0.0749. The van der Waals surface area contributed by atoms with Crippen LogP contribution in [0.3, 0.4) is 0 Å². The second kappa shape index (κ2) is 7.50. The second-order valence-electron chi connectivity index (χ2n) is 4.46. The van der Waals surface area contributed by atoms with Crippen molar-refractivity contribution in [2.45, 2.75) is 51.1 Å². The minimum atomic E-state index is -0.600. The summed E-state index contributed by atoms with van der Waals surface area (Å²) in [4.78, 5) is 0. The zero-order valence-corrected chi connectivity index (χ0v) is 10.5. The highest BCUT2D eigenvalue weighted by molar-refractivity contribution is 4.94. The Labute approximate surface area is 104 Å². The maximum Gasteiger partial charge on any atom is 0.158 e. The molecule has 3 heteroatoms. The van der Waals surface area contributed by atoms with Crippen molar-refractivity contribution >= 4 is 0 Å². The van der Waals surface area contributed by atoms with Gasteiger partial charge in [-0.05, 0) is 19.3 Å². The fourth-order valence-electron chi connectivity index (χ4n) is 1.92. The number of hydrogen-bond acceptors (Lipinski definition) is 3. The summed E-state index contributed by atoms with van der Waals surface area (Å²) in [7, 11) is 0. The standard InChI is InChI=1S/C14H22O3/c1-4-8-13(11(3)12(15)5-2)17-14-9-6-7-10-16-14/h1,5,11-15H,2,6-10H2,3H3/t11-,12+,13+,14-/m0/s1. The average Bonchev–Trinajstić information content (AvgIpc) is 2.37. The molecule has 0 aromatic heterocycles. The first-order chi connectivity index (χ1) is 8.19. The summed E-state index contributed by atoms with van der Waals surface area (Å²) < 4.78 is 11.4. The molecule has 1 saturated heterocycles. The van der Waals surface area contributed by atoms with Gasteiger partial charge in [-0.3, -0.25) is 0 Å². The zero-order chi connectivity index (χ0) is 12.7. The predicted molar refractivity (Wildman–Crippen MR) is 67.3 cm³/mol. The summed E-state index contributed by atoms with van der Waals surface area (Å²) in [6, 6.07) is 0. The van der Waals surface area contributed by atoms with Gasteiger partial charge in [0.25, 0.3) is 0 Å². The Balaban J connectivity index is 2.52. The molecule has 4 atom stereocenters. The van der Waals surface area contributed by atoms with Crippen LogP contribution in [0.2, 0.25) is 0 Å². The van der Waals surface area contributed by atoms with E-state index in [1.807, 2.05) is 6.92 Å². The number of ether oxygens (including phenoxy) is 2. The Morgan fingerprint density at radius 1 is 1.65 bits per heavy atom. The van der Waals surface area contributed by atoms with Crippen LogP contribution in [0.25, 0.3) is 0 Å². The molecular formula is C14H22O3. The van der Waals surface area contributed by atoms with Gasteiger partial charge in [0.05, 0.1) is 12.2 Å². The van der Waals surface area contributed by atoms with Crippen molar-refractivity contribution in [2.24, 2.45) is 5.92 Å². The third-order valence-electron chi connectivity index (χ3n) is 3.15. The van der Waals surface area contributed by atoms with Crippen LogP contribution in [0.5, 0.6) is 0 Å². The van der Waals surface area contributed by atoms with Gasteiger partial charge in [0.15, 0.2) is 6.29 Å². The molecule has 1 heterocycles. The highest BCUT2D eigenvalue weighted by Gasteiger charge is 2.26. The van der Waals surface area contributed by atoms with Gasteiger partial charge < -0.3 is 14.6 Å². The number of rotatable bonds is 6. The van der Waals surface area contributed by atoms with Gasteiger partial charge in [-0.1, -0.05) is 13.0 Å². The van der Waals surface area contributed by atoms with Crippen LogP contribution in [0.4, 0.5) is 0 Å². The van der Waals surface area contributed by atoms with Crippen LogP contribution in [-0.2, 0) is 9.47 Å². The van der Waals surface area contributed by atoms with Crippen LogP contribution < -0.4 is 0 Å². The third kappa shape index (κ3) is 4.51. The fraction of sp³-hybridized carbons (Fsp3) is 0.714. The lowest BCUT2D eigenvalue weighted by Crippen LogP contribution is -2.35. The summed E-state index contributed by atoms with van der Waals surface area (Å²) in [6.45, 7) is 6.24. The molecule has 96 valence electrons. The molecule has 0 aliphatic carbocycles. The number of aliphatic hydroxyl groups is 1. The molecule has 0 spiro atoms. The molecule has 0 aromatic carbocycles. The van der Waals surface area contributed by atoms with Crippen LogP contribution in [0.1, 0.15) is 32.6 Å². The van der Waals surface area contributed by atoms with Crippen molar-refractivity contribution in [1.82, 2.24) is 0 Å². The second-order valence-corrected chi connectivity index (χ2v) is 4.46. The van der Waals surface area contributed by atoms with Crippen molar-refractivity contribution in [3.8, 4) is 12.3 Å². The molecule has 3 nitrogen and oxygen atoms in total. The Bertz CT molecular complexity index is 263. The smallest absolute Gasteiger partial charge is 0.158 e. The average molecular weight is 238 g/mol. The van der Waals surface area contributed by atoms with E-state index in [0.717, 1.165) is 25.9 Å². The van der Waals surface area contributed by atoms with E-state index in [0.29, 0.717) is 6.42 Å². The van der Waals surface area contributed by atoms with Gasteiger partial charge >= 0.3 is 0 Å². The van der Waals surface area contributed by atoms with Crippen LogP contribution in [0, 0.1) is 18.3 Å². The van der Waals surface area contributed by atoms with Crippen LogP contribution >= 0.6 is 0 Å². The topological polar surface area (TPSA) is 38.7 Å². The molecule has 0 bridgehead atoms. The number of terminal acetylenes is 1. The maximum atomic E-state index is 9.75. The molecule has 0 amide bonds. The molecule has 1 aliphatic heterocycles. The maximum absolute atomic E-state index is 9.75. The van der Waals surface area contributed by atoms with Gasteiger partial charge in [0.1, 0.15) is 0 Å². The normalized spacial score (nSPS) is 25.6. The Morgan fingerprint density at radius 3 is 2.94 bits per heavy atom. The van der Waals surface area contributed by atoms with E-state index >= 15 is 0 Å². The zero-order valence-electron chi connectivity index (χ0n) is 10.5. The molecule has 1 fully saturated rings. The van der Waals surface area contributed by atoms with Gasteiger partial charge in [0.2, 0.25) is 0 Å². The summed E-state index contributed by atoms with van der Waals surface area (Å²) >= 11 is 0. The minimum Gasteiger partial charge on any atom is -0.389 e. The SMILES string of the molecule is C#CC[C@@H](O[C@H]1CCCCO1)[C@@H](C)[C@H](O)C=C. The highest BCUT2D eigenvalue weighted by atomic mass is 16.7. The summed E-state index contributed by atoms with van der Waals surface area (Å²) in [5.41, 5.74) is 0. The van der Waals surface area contributed by atoms with Gasteiger partial charge in [-0.2, -0.15) is 0 Å². The van der Waals surface area contributed by atoms with E-state index in [1.165, 1.54) is 6.08 Å². The molecule has 1 N–H and O–H groups in total. The van der Waals surface area contributed by atoms with Gasteiger partial charge in [0, 0.05) is 18.9 Å². The highest BCUT2D eigenvalue weighted by Crippen LogP contribution is 2.22. The molecule has 17 heavy (non-hydrogen) atoms. The summed E-state index contributed by atoms with van der Waals surface area (Å²) in [6.07, 6.45) is 9.47. The fourth-order valence-corrected chi connectivity index (χ4v) is 1.92. The number of hydrogen-bond donors (Lipinski definition) is 1. The molecule has 0 aromatic rings. The quantitative estimate of drug-likeness (QED) is 0.569. The Morgan fingerprint density at radius 2 is 2.41 bits per heavy atom. The van der Waals surface area contributed by atoms with Crippen LogP contribution in [-0.4, -0.2) is 30.2 Å². The van der Waals surface area contributed by atoms with E-state index in [1.54, 1.807) is 0 Å². The van der Waals surface area contributed by atoms with Crippen molar-refractivity contribution < 1.29 is 14.6 Å². The monoisotopic (exact) mass is 238 g/mol. The first-order valence-corrected chi connectivity index (χ1v) is 6.20. The molecule has 0 saturated carbocycles. The molecular weight excluding hydrogens is 216 g/mol. The van der Waals surface area contributed by atoms with E-state index in [2.05, 4.69) is 12.5 Å². The lowest BCUT2D eigenvalue weighted by Gasteiger charge is -2.31. The predicted octanol–water partition coefficient (Wildman–Crippen LogP) is 2.10. The molecule has 0 unspecified atom stereocenters. The largest absolute Gasteiger partial charge is 0.389 e. The van der Waals surface area contributed by atoms with Crippen molar-refractivity contribution in [3.63, 3.8) is 0 Å². The summed E-state index contributed by atoms with van der Waals surface area (Å²) in [5, 5.41) is 9.75. The van der Waals surface area contributed by atoms with E-state index in [4.69, 9.17) is 15.9 Å². The van der Waals surface area contributed by atoms with Gasteiger partial charge in [-0.15, -0.1) is 18.9 Å². The Kier molecular flexibility index (Phi) is 6.28. The molecule has 1 aliphatic rings. The van der Waals surface area contributed by atoms with Crippen molar-refractivity contribution in [2.75, 3.05) is 6.61 Å². The van der Waals surface area contributed by atoms with Crippen LogP contribution in [0.15, 0.2) is 12.7 Å². The van der Waals surface area contributed by atoms with Crippen molar-refractivity contribution in [3.05, 3.63) is 12.7 Å².